The van der Waals surface area contributed by atoms with Gasteiger partial charge in [-0.05, 0) is 87.4 Å². The van der Waals surface area contributed by atoms with Crippen molar-refractivity contribution in [1.82, 2.24) is 0 Å². The second kappa shape index (κ2) is 9.29. The lowest BCUT2D eigenvalue weighted by Crippen LogP contribution is -2.49. The maximum atomic E-state index is 12.4. The molecule has 3 rings (SSSR count). The van der Waals surface area contributed by atoms with Crippen LogP contribution < -0.4 is 0 Å². The van der Waals surface area contributed by atoms with Gasteiger partial charge in [0.15, 0.2) is 0 Å². The van der Waals surface area contributed by atoms with Crippen molar-refractivity contribution in [2.45, 2.75) is 99.0 Å². The lowest BCUT2D eigenvalue weighted by Gasteiger charge is -2.57. The fraction of sp³-hybridized carbons (Fsp3) is 0.724. The minimum Gasteiger partial charge on any atom is -0.481 e. The molecule has 0 spiro atoms. The van der Waals surface area contributed by atoms with E-state index in [2.05, 4.69) is 40.3 Å². The van der Waals surface area contributed by atoms with E-state index in [1.807, 2.05) is 13.8 Å². The molecule has 0 aromatic rings. The molecule has 3 aliphatic carbocycles. The molecule has 190 valence electrons. The van der Waals surface area contributed by atoms with Gasteiger partial charge >= 0.3 is 11.9 Å². The molecule has 0 radical (unpaired) electrons. The first-order valence-corrected chi connectivity index (χ1v) is 12.9. The molecule has 3 N–H and O–H groups in total. The number of carbonyl (C=O) groups is 2. The zero-order chi connectivity index (χ0) is 25.6. The highest BCUT2D eigenvalue weighted by molar-refractivity contribution is 5.86. The van der Waals surface area contributed by atoms with Gasteiger partial charge in [-0.3, -0.25) is 4.79 Å². The van der Waals surface area contributed by atoms with Crippen molar-refractivity contribution in [2.24, 2.45) is 34.0 Å². The average molecular weight is 473 g/mol. The zero-order valence-corrected chi connectivity index (χ0v) is 21.9. The highest BCUT2D eigenvalue weighted by Crippen LogP contribution is 2.71. The van der Waals surface area contributed by atoms with Crippen LogP contribution in [0.3, 0.4) is 0 Å². The third kappa shape index (κ3) is 3.98. The number of carboxylic acid groups (broad SMARTS) is 2. The summed E-state index contributed by atoms with van der Waals surface area (Å²) >= 11 is 0. The van der Waals surface area contributed by atoms with E-state index in [4.69, 9.17) is 0 Å². The smallest absolute Gasteiger partial charge is 0.331 e. The molecule has 0 unspecified atom stereocenters. The summed E-state index contributed by atoms with van der Waals surface area (Å²) in [5, 5.41) is 31.3. The topological polar surface area (TPSA) is 94.8 Å². The Kier molecular flexibility index (Phi) is 7.30. The van der Waals surface area contributed by atoms with Crippen molar-refractivity contribution in [1.29, 1.82) is 0 Å². The van der Waals surface area contributed by atoms with E-state index < -0.39 is 24.0 Å². The van der Waals surface area contributed by atoms with Crippen LogP contribution in [0.2, 0.25) is 0 Å². The molecule has 0 aromatic heterocycles. The van der Waals surface area contributed by atoms with Gasteiger partial charge in [0.2, 0.25) is 0 Å². The summed E-state index contributed by atoms with van der Waals surface area (Å²) in [7, 11) is 0. The van der Waals surface area contributed by atoms with E-state index >= 15 is 0 Å². The molecule has 5 heteroatoms. The van der Waals surface area contributed by atoms with Crippen LogP contribution in [-0.2, 0) is 9.59 Å². The van der Waals surface area contributed by atoms with Crippen molar-refractivity contribution in [3.8, 4) is 0 Å². The SMILES string of the molecule is C=C(C(=O)O)[C@@H]1CCC2=C(CC[C@]3(C)[C@@H]([C@@H](CCC=C(C)C)C(=O)O)[C@H](O)C[C@@]23C)[C@@]1(C)CC. The van der Waals surface area contributed by atoms with Gasteiger partial charge in [0.1, 0.15) is 0 Å². The zero-order valence-electron chi connectivity index (χ0n) is 21.9. The molecule has 0 aromatic carbocycles. The first-order chi connectivity index (χ1) is 15.7. The number of allylic oxidation sites excluding steroid dienone is 4. The number of aliphatic hydroxyl groups excluding tert-OH is 1. The van der Waals surface area contributed by atoms with Gasteiger partial charge in [-0.25, -0.2) is 4.79 Å². The Morgan fingerprint density at radius 1 is 1.15 bits per heavy atom. The number of aliphatic hydroxyl groups is 1. The predicted molar refractivity (Wildman–Crippen MR) is 134 cm³/mol. The van der Waals surface area contributed by atoms with Gasteiger partial charge in [0.05, 0.1) is 12.0 Å². The summed E-state index contributed by atoms with van der Waals surface area (Å²) in [5.74, 6) is -2.71. The first-order valence-electron chi connectivity index (χ1n) is 12.9. The Morgan fingerprint density at radius 2 is 1.79 bits per heavy atom. The quantitative estimate of drug-likeness (QED) is 0.281. The summed E-state index contributed by atoms with van der Waals surface area (Å²) in [6.45, 7) is 16.7. The van der Waals surface area contributed by atoms with Crippen molar-refractivity contribution < 1.29 is 24.9 Å². The summed E-state index contributed by atoms with van der Waals surface area (Å²) in [5.41, 5.74) is 3.30. The van der Waals surface area contributed by atoms with Crippen LogP contribution >= 0.6 is 0 Å². The van der Waals surface area contributed by atoms with E-state index in [0.717, 1.165) is 32.1 Å². The molecular weight excluding hydrogens is 428 g/mol. The number of fused-ring (bicyclic) bond motifs is 2. The van der Waals surface area contributed by atoms with Crippen molar-refractivity contribution in [3.63, 3.8) is 0 Å². The Labute approximate surface area is 205 Å². The number of aliphatic carboxylic acids is 2. The standard InChI is InChI=1S/C29H44O5/c1-8-27(5)20(18(4)25(31)32)12-13-22-21(27)14-15-28(6)24(23(30)16-29(22,28)7)19(26(33)34)11-9-10-17(2)3/h10,19-20,23-24,30H,4,8-9,11-16H2,1-3,5-7H3,(H,31,32)(H,33,34)/t19-,20+,23-,24+,27+,28-,29+/m1/s1. The van der Waals surface area contributed by atoms with Gasteiger partial charge < -0.3 is 15.3 Å². The fourth-order valence-corrected chi connectivity index (χ4v) is 8.11. The highest BCUT2D eigenvalue weighted by Gasteiger charge is 2.65. The molecule has 5 nitrogen and oxygen atoms in total. The fourth-order valence-electron chi connectivity index (χ4n) is 8.11. The number of hydrogen-bond acceptors (Lipinski definition) is 3. The molecule has 0 heterocycles. The van der Waals surface area contributed by atoms with E-state index in [9.17, 15) is 24.9 Å². The second-order valence-corrected chi connectivity index (χ2v) is 12.0. The number of carboxylic acids is 2. The monoisotopic (exact) mass is 472 g/mol. The largest absolute Gasteiger partial charge is 0.481 e. The Hall–Kier alpha value is -1.88. The van der Waals surface area contributed by atoms with Crippen molar-refractivity contribution in [3.05, 3.63) is 34.9 Å². The van der Waals surface area contributed by atoms with E-state index in [1.54, 1.807) is 0 Å². The summed E-state index contributed by atoms with van der Waals surface area (Å²) < 4.78 is 0. The maximum absolute atomic E-state index is 12.4. The van der Waals surface area contributed by atoms with Crippen LogP contribution in [0, 0.1) is 34.0 Å². The summed E-state index contributed by atoms with van der Waals surface area (Å²) in [4.78, 5) is 24.2. The molecule has 0 saturated heterocycles. The molecule has 3 aliphatic rings. The van der Waals surface area contributed by atoms with Crippen molar-refractivity contribution in [2.75, 3.05) is 0 Å². The highest BCUT2D eigenvalue weighted by atomic mass is 16.4. The van der Waals surface area contributed by atoms with Gasteiger partial charge in [0, 0.05) is 11.5 Å². The molecular formula is C29H44O5. The second-order valence-electron chi connectivity index (χ2n) is 12.0. The first kappa shape index (κ1) is 26.7. The molecule has 0 aliphatic heterocycles. The minimum absolute atomic E-state index is 0.0975. The Balaban J connectivity index is 2.05. The van der Waals surface area contributed by atoms with Gasteiger partial charge in [-0.15, -0.1) is 0 Å². The van der Waals surface area contributed by atoms with Crippen LogP contribution in [-0.4, -0.2) is 33.4 Å². The lowest BCUT2D eigenvalue weighted by molar-refractivity contribution is -0.148. The molecule has 0 amide bonds. The molecule has 0 bridgehead atoms. The third-order valence-electron chi connectivity index (χ3n) is 10.3. The molecule has 34 heavy (non-hydrogen) atoms. The number of hydrogen-bond donors (Lipinski definition) is 3. The normalized spacial score (nSPS) is 38.0. The summed E-state index contributed by atoms with van der Waals surface area (Å²) in [6.07, 6.45) is 7.26. The van der Waals surface area contributed by atoms with Crippen molar-refractivity contribution >= 4 is 11.9 Å². The van der Waals surface area contributed by atoms with E-state index in [1.165, 1.54) is 16.7 Å². The van der Waals surface area contributed by atoms with Crippen LogP contribution in [0.1, 0.15) is 92.9 Å². The van der Waals surface area contributed by atoms with Crippen LogP contribution in [0.15, 0.2) is 34.9 Å². The molecule has 1 saturated carbocycles. The Bertz CT molecular complexity index is 925. The Morgan fingerprint density at radius 3 is 2.32 bits per heavy atom. The van der Waals surface area contributed by atoms with Gasteiger partial charge in [0.25, 0.3) is 0 Å². The molecule has 1 fully saturated rings. The summed E-state index contributed by atoms with van der Waals surface area (Å²) in [6, 6.07) is 0. The lowest BCUT2D eigenvalue weighted by atomic mass is 9.47. The van der Waals surface area contributed by atoms with Gasteiger partial charge in [-0.1, -0.05) is 57.1 Å². The van der Waals surface area contributed by atoms with E-state index in [-0.39, 0.29) is 28.1 Å². The number of rotatable bonds is 8. The van der Waals surface area contributed by atoms with Gasteiger partial charge in [-0.2, -0.15) is 0 Å². The third-order valence-corrected chi connectivity index (χ3v) is 10.3. The predicted octanol–water partition coefficient (Wildman–Crippen LogP) is 6.38. The average Bonchev–Trinajstić information content (AvgIpc) is 2.96. The molecule has 7 atom stereocenters. The van der Waals surface area contributed by atoms with Crippen LogP contribution in [0.4, 0.5) is 0 Å². The minimum atomic E-state index is -0.919. The van der Waals surface area contributed by atoms with E-state index in [0.29, 0.717) is 24.8 Å². The van der Waals surface area contributed by atoms with Crippen LogP contribution in [0.5, 0.6) is 0 Å². The van der Waals surface area contributed by atoms with Crippen LogP contribution in [0.25, 0.3) is 0 Å². The maximum Gasteiger partial charge on any atom is 0.331 e.